The summed E-state index contributed by atoms with van der Waals surface area (Å²) >= 11 is 0. The van der Waals surface area contributed by atoms with Crippen LogP contribution in [0.25, 0.3) is 60.2 Å². The molecule has 0 saturated carbocycles. The Labute approximate surface area is 209 Å². The van der Waals surface area contributed by atoms with Crippen LogP contribution in [0.2, 0.25) is 0 Å². The third-order valence-electron chi connectivity index (χ3n) is 8.96. The van der Waals surface area contributed by atoms with E-state index in [0.29, 0.717) is 0 Å². The zero-order valence-electron chi connectivity index (χ0n) is 19.4. The van der Waals surface area contributed by atoms with Crippen molar-refractivity contribution in [3.63, 3.8) is 0 Å². The SMILES string of the molecule is c1cnc2c(c1)c1ccc3c4c1c1n2c2ccccc2[n+]1C41c2c(ccc4ccc5ccc[n+]1c5c24)O3. The lowest BCUT2D eigenvalue weighted by Crippen LogP contribution is -2.71. The second-order valence-corrected chi connectivity index (χ2v) is 10.4. The van der Waals surface area contributed by atoms with Crippen LogP contribution in [0.4, 0.5) is 0 Å². The standard InChI is InChI=1S/C32H16N4O/c1-2-8-22-21(7-1)35-30-20(6-3-15-33-30)19-12-14-24-28-26(19)31(35)36(22)32(28)27-23(37-24)13-11-17-9-10-18-5-4-16-34(32)29(18)25(17)27/h1-16H/q+2. The Bertz CT molecular complexity index is 2460. The molecule has 5 nitrogen and oxygen atoms in total. The number of hydrogen-bond donors (Lipinski definition) is 0. The number of rotatable bonds is 0. The summed E-state index contributed by atoms with van der Waals surface area (Å²) < 4.78 is 14.2. The molecule has 0 fully saturated rings. The Morgan fingerprint density at radius 3 is 2.54 bits per heavy atom. The highest BCUT2D eigenvalue weighted by Gasteiger charge is 2.68. The summed E-state index contributed by atoms with van der Waals surface area (Å²) in [5.41, 5.74) is 7.64. The van der Waals surface area contributed by atoms with Crippen molar-refractivity contribution in [1.82, 2.24) is 9.38 Å². The highest BCUT2D eigenvalue weighted by molar-refractivity contribution is 6.16. The molecule has 3 aliphatic heterocycles. The highest BCUT2D eigenvalue weighted by atomic mass is 16.5. The average molecular weight is 473 g/mol. The first kappa shape index (κ1) is 17.4. The van der Waals surface area contributed by atoms with E-state index in [1.54, 1.807) is 0 Å². The number of ether oxygens (including phenoxy) is 1. The van der Waals surface area contributed by atoms with E-state index in [0.717, 1.165) is 28.0 Å². The molecule has 0 aliphatic carbocycles. The zero-order valence-corrected chi connectivity index (χ0v) is 19.4. The van der Waals surface area contributed by atoms with Crippen LogP contribution in [0.3, 0.4) is 0 Å². The van der Waals surface area contributed by atoms with Crippen LogP contribution in [0.5, 0.6) is 11.5 Å². The number of nitrogens with zero attached hydrogens (tertiary/aromatic N) is 4. The quantitative estimate of drug-likeness (QED) is 0.209. The Morgan fingerprint density at radius 1 is 0.730 bits per heavy atom. The van der Waals surface area contributed by atoms with Gasteiger partial charge in [0.25, 0.3) is 0 Å². The maximum Gasteiger partial charge on any atom is 0.372 e. The molecule has 5 heteroatoms. The predicted octanol–water partition coefficient (Wildman–Crippen LogP) is 5.71. The van der Waals surface area contributed by atoms with Crippen LogP contribution < -0.4 is 13.9 Å². The number of aromatic nitrogens is 4. The van der Waals surface area contributed by atoms with Gasteiger partial charge >= 0.3 is 11.3 Å². The Kier molecular flexibility index (Phi) is 2.46. The van der Waals surface area contributed by atoms with Crippen LogP contribution in [0.15, 0.2) is 97.3 Å². The number of fused-ring (bicyclic) bond motifs is 6. The summed E-state index contributed by atoms with van der Waals surface area (Å²) in [7, 11) is 0. The van der Waals surface area contributed by atoms with E-state index in [9.17, 15) is 0 Å². The van der Waals surface area contributed by atoms with Crippen molar-refractivity contribution in [3.05, 3.63) is 108 Å². The Balaban J connectivity index is 1.56. The van der Waals surface area contributed by atoms with Crippen LogP contribution in [0, 0.1) is 0 Å². The summed E-state index contributed by atoms with van der Waals surface area (Å²) in [5.74, 6) is 1.86. The van der Waals surface area contributed by atoms with Gasteiger partial charge in [-0.3, -0.25) is 0 Å². The van der Waals surface area contributed by atoms with Crippen molar-refractivity contribution in [1.29, 1.82) is 0 Å². The molecule has 3 aliphatic rings. The van der Waals surface area contributed by atoms with Gasteiger partial charge in [0.2, 0.25) is 11.2 Å². The van der Waals surface area contributed by atoms with Gasteiger partial charge in [-0.05, 0) is 60.0 Å². The molecule has 4 aromatic carbocycles. The molecule has 7 heterocycles. The van der Waals surface area contributed by atoms with Gasteiger partial charge < -0.3 is 4.74 Å². The van der Waals surface area contributed by atoms with Gasteiger partial charge in [-0.15, -0.1) is 9.13 Å². The molecule has 4 aromatic heterocycles. The maximum absolute atomic E-state index is 6.75. The van der Waals surface area contributed by atoms with Crippen LogP contribution in [-0.2, 0) is 5.66 Å². The summed E-state index contributed by atoms with van der Waals surface area (Å²) in [6.45, 7) is 0. The molecule has 0 amide bonds. The van der Waals surface area contributed by atoms with Crippen molar-refractivity contribution in [2.45, 2.75) is 5.66 Å². The number of para-hydroxylation sites is 2. The third kappa shape index (κ3) is 1.54. The van der Waals surface area contributed by atoms with Gasteiger partial charge in [0, 0.05) is 23.0 Å². The summed E-state index contributed by atoms with van der Waals surface area (Å²) in [6, 6.07) is 30.6. The van der Waals surface area contributed by atoms with Crippen molar-refractivity contribution in [2.24, 2.45) is 0 Å². The molecular weight excluding hydrogens is 456 g/mol. The van der Waals surface area contributed by atoms with Gasteiger partial charge in [-0.2, -0.15) is 4.40 Å². The normalized spacial score (nSPS) is 18.1. The van der Waals surface area contributed by atoms with E-state index in [-0.39, 0.29) is 0 Å². The van der Waals surface area contributed by atoms with Crippen LogP contribution in [-0.4, -0.2) is 9.38 Å². The number of pyridine rings is 3. The second-order valence-electron chi connectivity index (χ2n) is 10.4. The van der Waals surface area contributed by atoms with Crippen molar-refractivity contribution >= 4 is 60.2 Å². The number of benzene rings is 4. The van der Waals surface area contributed by atoms with Gasteiger partial charge in [-0.25, -0.2) is 4.98 Å². The third-order valence-corrected chi connectivity index (χ3v) is 8.96. The fraction of sp³-hybridized carbons (Fsp3) is 0.0312. The maximum atomic E-state index is 6.75. The second kappa shape index (κ2) is 5.22. The van der Waals surface area contributed by atoms with Crippen molar-refractivity contribution in [2.75, 3.05) is 0 Å². The molecule has 1 unspecified atom stereocenters. The molecule has 1 atom stereocenters. The largest absolute Gasteiger partial charge is 0.456 e. The van der Waals surface area contributed by atoms with Crippen molar-refractivity contribution in [3.8, 4) is 11.5 Å². The summed E-state index contributed by atoms with van der Waals surface area (Å²) in [6.07, 6.45) is 4.16. The van der Waals surface area contributed by atoms with Crippen LogP contribution in [0.1, 0.15) is 11.1 Å². The van der Waals surface area contributed by atoms with E-state index >= 15 is 0 Å². The number of hydrogen-bond acceptors (Lipinski definition) is 2. The molecule has 1 spiro atoms. The minimum Gasteiger partial charge on any atom is -0.456 e. The van der Waals surface area contributed by atoms with Gasteiger partial charge in [0.05, 0.1) is 16.2 Å². The lowest BCUT2D eigenvalue weighted by Gasteiger charge is -2.28. The average Bonchev–Trinajstić information content (AvgIpc) is 3.57. The fourth-order valence-electron chi connectivity index (χ4n) is 7.81. The van der Waals surface area contributed by atoms with E-state index in [1.165, 1.54) is 54.7 Å². The molecule has 37 heavy (non-hydrogen) atoms. The number of imidazole rings is 1. The first-order valence-electron chi connectivity index (χ1n) is 12.7. The van der Waals surface area contributed by atoms with Crippen molar-refractivity contribution < 1.29 is 13.9 Å². The first-order valence-corrected chi connectivity index (χ1v) is 12.7. The lowest BCUT2D eigenvalue weighted by atomic mass is 9.85. The minimum atomic E-state index is -0.584. The molecule has 0 bridgehead atoms. The Morgan fingerprint density at radius 2 is 1.57 bits per heavy atom. The molecule has 168 valence electrons. The highest BCUT2D eigenvalue weighted by Crippen LogP contribution is 2.57. The fourth-order valence-corrected chi connectivity index (χ4v) is 7.81. The predicted molar refractivity (Wildman–Crippen MR) is 141 cm³/mol. The Hall–Kier alpha value is -5.03. The van der Waals surface area contributed by atoms with E-state index < -0.39 is 5.66 Å². The summed E-state index contributed by atoms with van der Waals surface area (Å²) in [5, 5.41) is 7.37. The monoisotopic (exact) mass is 472 g/mol. The molecule has 0 saturated heterocycles. The van der Waals surface area contributed by atoms with Crippen LogP contribution >= 0.6 is 0 Å². The van der Waals surface area contributed by atoms with E-state index in [1.807, 2.05) is 12.3 Å². The summed E-state index contributed by atoms with van der Waals surface area (Å²) in [4.78, 5) is 4.93. The zero-order chi connectivity index (χ0) is 23.6. The molecule has 0 radical (unpaired) electrons. The smallest absolute Gasteiger partial charge is 0.372 e. The molecule has 11 rings (SSSR count). The van der Waals surface area contributed by atoms with Gasteiger partial charge in [-0.1, -0.05) is 24.3 Å². The van der Waals surface area contributed by atoms with E-state index in [2.05, 4.69) is 98.6 Å². The topological polar surface area (TPSA) is 34.3 Å². The lowest BCUT2D eigenvalue weighted by molar-refractivity contribution is -0.934. The van der Waals surface area contributed by atoms with E-state index in [4.69, 9.17) is 9.72 Å². The van der Waals surface area contributed by atoms with Gasteiger partial charge in [0.15, 0.2) is 17.2 Å². The minimum absolute atomic E-state index is 0.584. The molecule has 8 aromatic rings. The molecule has 0 N–H and O–H groups in total. The molecular formula is C32H16N4O+2. The first-order chi connectivity index (χ1) is 18.4. The van der Waals surface area contributed by atoms with Gasteiger partial charge in [0.1, 0.15) is 22.6 Å².